The van der Waals surface area contributed by atoms with Crippen molar-refractivity contribution >= 4 is 18.2 Å². The summed E-state index contributed by atoms with van der Waals surface area (Å²) in [5, 5.41) is 18.5. The lowest BCUT2D eigenvalue weighted by Gasteiger charge is -2.34. The summed E-state index contributed by atoms with van der Waals surface area (Å²) in [5.41, 5.74) is 2.31. The van der Waals surface area contributed by atoms with Gasteiger partial charge in [-0.3, -0.25) is 14.4 Å². The lowest BCUT2D eigenvalue weighted by atomic mass is 9.95. The number of aryl methyl sites for hydroxylation is 2. The van der Waals surface area contributed by atoms with Crippen LogP contribution in [0.4, 0.5) is 0 Å². The monoisotopic (exact) mass is 490 g/mol. The van der Waals surface area contributed by atoms with Gasteiger partial charge in [0, 0.05) is 26.7 Å². The zero-order valence-corrected chi connectivity index (χ0v) is 21.5. The number of aliphatic hydroxyl groups excluding tert-OH is 1. The van der Waals surface area contributed by atoms with Crippen LogP contribution in [0.1, 0.15) is 51.2 Å². The summed E-state index contributed by atoms with van der Waals surface area (Å²) >= 11 is 0. The first-order valence-electron chi connectivity index (χ1n) is 12.7. The Bertz CT molecular complexity index is 834. The Balaban J connectivity index is 2.06. The van der Waals surface area contributed by atoms with Crippen molar-refractivity contribution in [2.45, 2.75) is 71.1 Å². The van der Waals surface area contributed by atoms with Gasteiger partial charge in [-0.1, -0.05) is 38.5 Å². The van der Waals surface area contributed by atoms with Gasteiger partial charge in [0.25, 0.3) is 0 Å². The smallest absolute Gasteiger partial charge is 0.245 e. The van der Waals surface area contributed by atoms with Crippen LogP contribution < -0.4 is 20.7 Å². The fourth-order valence-electron chi connectivity index (χ4n) is 4.38. The van der Waals surface area contributed by atoms with Gasteiger partial charge in [0.1, 0.15) is 17.9 Å². The predicted octanol–water partition coefficient (Wildman–Crippen LogP) is 1.02. The van der Waals surface area contributed by atoms with E-state index in [1.165, 1.54) is 10.5 Å². The van der Waals surface area contributed by atoms with E-state index < -0.39 is 18.7 Å². The van der Waals surface area contributed by atoms with Gasteiger partial charge in [0.2, 0.25) is 18.2 Å². The molecule has 0 bridgehead atoms. The lowest BCUT2D eigenvalue weighted by molar-refractivity contribution is -0.143. The van der Waals surface area contributed by atoms with Gasteiger partial charge >= 0.3 is 0 Å². The first-order valence-corrected chi connectivity index (χ1v) is 12.7. The number of ether oxygens (including phenoxy) is 1. The second-order valence-corrected chi connectivity index (χ2v) is 9.17. The van der Waals surface area contributed by atoms with Crippen molar-refractivity contribution in [2.75, 3.05) is 33.3 Å². The highest BCUT2D eigenvalue weighted by Crippen LogP contribution is 2.32. The summed E-state index contributed by atoms with van der Waals surface area (Å²) in [6.45, 7) is 6.95. The minimum atomic E-state index is -0.926. The number of carbonyl (C=O) groups excluding carboxylic acids is 3. The fourth-order valence-corrected chi connectivity index (χ4v) is 4.38. The Morgan fingerprint density at radius 1 is 1.31 bits per heavy atom. The van der Waals surface area contributed by atoms with E-state index in [4.69, 9.17) is 4.74 Å². The number of rotatable bonds is 15. The van der Waals surface area contributed by atoms with Crippen molar-refractivity contribution < 1.29 is 24.2 Å². The molecule has 4 atom stereocenters. The summed E-state index contributed by atoms with van der Waals surface area (Å²) in [7, 11) is 1.56. The molecule has 4 N–H and O–H groups in total. The molecule has 0 aliphatic carbocycles. The molecule has 0 aromatic heterocycles. The first kappa shape index (κ1) is 28.6. The molecule has 9 nitrogen and oxygen atoms in total. The number of benzene rings is 1. The number of likely N-dealkylation sites (N-methyl/N-ethyl adjacent to an activating group) is 2. The highest BCUT2D eigenvalue weighted by molar-refractivity contribution is 5.89. The molecule has 1 aromatic rings. The van der Waals surface area contributed by atoms with E-state index in [-0.39, 0.29) is 23.8 Å². The van der Waals surface area contributed by atoms with Gasteiger partial charge in [-0.2, -0.15) is 0 Å². The van der Waals surface area contributed by atoms with Gasteiger partial charge < -0.3 is 30.7 Å². The van der Waals surface area contributed by atoms with Crippen LogP contribution in [0.3, 0.4) is 0 Å². The van der Waals surface area contributed by atoms with Crippen molar-refractivity contribution in [1.82, 2.24) is 20.9 Å². The minimum Gasteiger partial charge on any atom is -0.489 e. The van der Waals surface area contributed by atoms with E-state index in [0.29, 0.717) is 26.0 Å². The van der Waals surface area contributed by atoms with Crippen LogP contribution in [-0.2, 0) is 27.2 Å². The summed E-state index contributed by atoms with van der Waals surface area (Å²) in [6, 6.07) is 4.77. The topological polar surface area (TPSA) is 120 Å². The van der Waals surface area contributed by atoms with Crippen LogP contribution in [0.25, 0.3) is 0 Å². The normalized spacial score (nSPS) is 17.3. The van der Waals surface area contributed by atoms with Crippen LogP contribution in [0.2, 0.25) is 0 Å². The van der Waals surface area contributed by atoms with E-state index >= 15 is 0 Å². The molecule has 196 valence electrons. The van der Waals surface area contributed by atoms with Gasteiger partial charge in [-0.05, 0) is 49.7 Å². The van der Waals surface area contributed by atoms with Gasteiger partial charge in [0.05, 0.1) is 12.6 Å². The second kappa shape index (κ2) is 14.7. The minimum absolute atomic E-state index is 0.0373. The summed E-state index contributed by atoms with van der Waals surface area (Å²) in [4.78, 5) is 37.5. The molecule has 0 saturated carbocycles. The molecule has 3 amide bonds. The number of carbonyl (C=O) groups is 3. The highest BCUT2D eigenvalue weighted by atomic mass is 16.5. The average molecular weight is 491 g/mol. The number of aliphatic hydroxyl groups is 1. The van der Waals surface area contributed by atoms with Crippen LogP contribution in [0.5, 0.6) is 5.75 Å². The lowest BCUT2D eigenvalue weighted by Crippen LogP contribution is -2.57. The molecule has 0 radical (unpaired) electrons. The number of para-hydroxylation sites is 1. The maximum atomic E-state index is 13.4. The molecule has 0 spiro atoms. The first-order chi connectivity index (χ1) is 16.9. The molecule has 4 unspecified atom stereocenters. The predicted molar refractivity (Wildman–Crippen MR) is 135 cm³/mol. The number of nitrogens with zero attached hydrogens (tertiary/aromatic N) is 1. The number of hydrogen-bond donors (Lipinski definition) is 4. The van der Waals surface area contributed by atoms with Gasteiger partial charge in [-0.15, -0.1) is 0 Å². The Labute approximate surface area is 209 Å². The highest BCUT2D eigenvalue weighted by Gasteiger charge is 2.33. The molecule has 1 heterocycles. The molecular weight excluding hydrogens is 448 g/mol. The SMILES string of the molecule is CCNC(=O)C(CO)N(C)C(=O)C(NCC1CCc2cccc(CCCNC=O)c2O1)C(C)CC. The summed E-state index contributed by atoms with van der Waals surface area (Å²) < 4.78 is 6.38. The third-order valence-corrected chi connectivity index (χ3v) is 6.74. The van der Waals surface area contributed by atoms with Crippen LogP contribution >= 0.6 is 0 Å². The third-order valence-electron chi connectivity index (χ3n) is 6.74. The van der Waals surface area contributed by atoms with Crippen molar-refractivity contribution in [3.63, 3.8) is 0 Å². The Kier molecular flexibility index (Phi) is 12.0. The molecule has 1 aliphatic rings. The largest absolute Gasteiger partial charge is 0.489 e. The van der Waals surface area contributed by atoms with Gasteiger partial charge in [-0.25, -0.2) is 0 Å². The molecule has 9 heteroatoms. The van der Waals surface area contributed by atoms with Crippen molar-refractivity contribution in [1.29, 1.82) is 0 Å². The summed E-state index contributed by atoms with van der Waals surface area (Å²) in [6.07, 6.45) is 4.79. The number of amides is 3. The number of fused-ring (bicyclic) bond motifs is 1. The van der Waals surface area contributed by atoms with E-state index in [2.05, 4.69) is 28.1 Å². The van der Waals surface area contributed by atoms with Gasteiger partial charge in [0.15, 0.2) is 0 Å². The van der Waals surface area contributed by atoms with Crippen LogP contribution in [0, 0.1) is 5.92 Å². The molecule has 1 aromatic carbocycles. The third kappa shape index (κ3) is 7.93. The standard InChI is InChI=1S/C26H42N4O5/c1-5-18(3)23(26(34)30(4)22(16-31)25(33)28-6-2)29-15-21-13-12-20-10-7-9-19(24(20)35-21)11-8-14-27-17-32/h7,9-10,17-18,21-23,29,31H,5-6,8,11-16H2,1-4H3,(H,27,32)(H,28,33). The summed E-state index contributed by atoms with van der Waals surface area (Å²) in [5.74, 6) is 0.369. The Hall–Kier alpha value is -2.65. The van der Waals surface area contributed by atoms with E-state index in [9.17, 15) is 19.5 Å². The molecular formula is C26H42N4O5. The Morgan fingerprint density at radius 3 is 2.74 bits per heavy atom. The van der Waals surface area contributed by atoms with E-state index in [0.717, 1.165) is 43.4 Å². The zero-order valence-electron chi connectivity index (χ0n) is 21.5. The van der Waals surface area contributed by atoms with Crippen molar-refractivity contribution in [3.8, 4) is 5.75 Å². The van der Waals surface area contributed by atoms with Crippen LogP contribution in [-0.4, -0.2) is 79.7 Å². The fraction of sp³-hybridized carbons (Fsp3) is 0.654. The molecule has 2 rings (SSSR count). The molecule has 0 fully saturated rings. The molecule has 1 aliphatic heterocycles. The number of hydrogen-bond acceptors (Lipinski definition) is 6. The average Bonchev–Trinajstić information content (AvgIpc) is 2.86. The number of nitrogens with one attached hydrogen (secondary N) is 3. The maximum absolute atomic E-state index is 13.4. The maximum Gasteiger partial charge on any atom is 0.245 e. The molecule has 0 saturated heterocycles. The van der Waals surface area contributed by atoms with E-state index in [1.807, 2.05) is 19.9 Å². The Morgan fingerprint density at radius 2 is 2.09 bits per heavy atom. The van der Waals surface area contributed by atoms with Crippen molar-refractivity contribution in [3.05, 3.63) is 29.3 Å². The quantitative estimate of drug-likeness (QED) is 0.215. The van der Waals surface area contributed by atoms with E-state index in [1.54, 1.807) is 14.0 Å². The van der Waals surface area contributed by atoms with Crippen LogP contribution in [0.15, 0.2) is 18.2 Å². The zero-order chi connectivity index (χ0) is 25.8. The second-order valence-electron chi connectivity index (χ2n) is 9.17. The molecule has 35 heavy (non-hydrogen) atoms. The van der Waals surface area contributed by atoms with Crippen molar-refractivity contribution in [2.24, 2.45) is 5.92 Å².